The van der Waals surface area contributed by atoms with Gasteiger partial charge < -0.3 is 18.6 Å². The van der Waals surface area contributed by atoms with Crippen LogP contribution in [0.4, 0.5) is 5.95 Å². The zero-order valence-corrected chi connectivity index (χ0v) is 18.6. The van der Waals surface area contributed by atoms with E-state index in [4.69, 9.17) is 13.7 Å². The van der Waals surface area contributed by atoms with E-state index in [1.807, 2.05) is 36.4 Å². The van der Waals surface area contributed by atoms with E-state index in [2.05, 4.69) is 29.8 Å². The van der Waals surface area contributed by atoms with Gasteiger partial charge in [-0.25, -0.2) is 0 Å². The quantitative estimate of drug-likeness (QED) is 0.363. The van der Waals surface area contributed by atoms with E-state index >= 15 is 0 Å². The number of rotatable bonds is 8. The molecule has 0 spiro atoms. The van der Waals surface area contributed by atoms with Crippen LogP contribution in [0.5, 0.6) is 5.75 Å². The average Bonchev–Trinajstić information content (AvgIpc) is 3.60. The van der Waals surface area contributed by atoms with E-state index in [0.29, 0.717) is 24.0 Å². The molecule has 0 bridgehead atoms. The van der Waals surface area contributed by atoms with Crippen molar-refractivity contribution in [3.63, 3.8) is 0 Å². The molecule has 0 amide bonds. The van der Waals surface area contributed by atoms with E-state index in [1.54, 1.807) is 13.4 Å². The molecule has 5 rings (SSSR count). The van der Waals surface area contributed by atoms with Crippen molar-refractivity contribution in [1.29, 1.82) is 0 Å². The van der Waals surface area contributed by atoms with E-state index in [9.17, 15) is 0 Å². The lowest BCUT2D eigenvalue weighted by Gasteiger charge is -2.27. The molecule has 1 aromatic carbocycles. The fourth-order valence-electron chi connectivity index (χ4n) is 3.71. The van der Waals surface area contributed by atoms with Gasteiger partial charge in [0.25, 0.3) is 0 Å². The molecule has 1 aliphatic rings. The Kier molecular flexibility index (Phi) is 6.11. The third-order valence-electron chi connectivity index (χ3n) is 5.37. The van der Waals surface area contributed by atoms with Crippen LogP contribution >= 0.6 is 11.8 Å². The van der Waals surface area contributed by atoms with Gasteiger partial charge in [-0.05, 0) is 55.7 Å². The number of hydrogen-bond donors (Lipinski definition) is 0. The fraction of sp³-hybridized carbons (Fsp3) is 0.364. The van der Waals surface area contributed by atoms with Gasteiger partial charge in [-0.15, -0.1) is 10.2 Å². The van der Waals surface area contributed by atoms with Gasteiger partial charge in [-0.1, -0.05) is 16.9 Å². The molecule has 166 valence electrons. The van der Waals surface area contributed by atoms with Crippen LogP contribution in [0.2, 0.25) is 0 Å². The van der Waals surface area contributed by atoms with Crippen LogP contribution in [-0.2, 0) is 12.3 Å². The third-order valence-corrected chi connectivity index (χ3v) is 6.32. The van der Waals surface area contributed by atoms with Gasteiger partial charge in [0, 0.05) is 18.7 Å². The maximum Gasteiger partial charge on any atom is 0.237 e. The van der Waals surface area contributed by atoms with Crippen molar-refractivity contribution in [2.75, 3.05) is 25.1 Å². The molecule has 0 saturated carbocycles. The molecule has 1 aliphatic heterocycles. The maximum atomic E-state index is 5.58. The van der Waals surface area contributed by atoms with Crippen LogP contribution < -0.4 is 9.64 Å². The number of benzene rings is 1. The smallest absolute Gasteiger partial charge is 0.237 e. The highest BCUT2D eigenvalue weighted by Gasteiger charge is 2.22. The van der Waals surface area contributed by atoms with Crippen molar-refractivity contribution in [1.82, 2.24) is 24.9 Å². The van der Waals surface area contributed by atoms with Crippen LogP contribution in [0.3, 0.4) is 0 Å². The summed E-state index contributed by atoms with van der Waals surface area (Å²) < 4.78 is 18.4. The normalized spacial score (nSPS) is 14.1. The predicted molar refractivity (Wildman–Crippen MR) is 120 cm³/mol. The summed E-state index contributed by atoms with van der Waals surface area (Å²) >= 11 is 1.53. The average molecular weight is 453 g/mol. The molecule has 3 aromatic heterocycles. The second-order valence-corrected chi connectivity index (χ2v) is 8.47. The van der Waals surface area contributed by atoms with Crippen molar-refractivity contribution >= 4 is 17.7 Å². The van der Waals surface area contributed by atoms with Gasteiger partial charge in [-0.2, -0.15) is 4.98 Å². The fourth-order valence-corrected chi connectivity index (χ4v) is 4.48. The molecule has 9 nitrogen and oxygen atoms in total. The molecule has 32 heavy (non-hydrogen) atoms. The number of piperidine rings is 1. The van der Waals surface area contributed by atoms with E-state index < -0.39 is 0 Å². The first-order valence-electron chi connectivity index (χ1n) is 10.6. The van der Waals surface area contributed by atoms with Crippen molar-refractivity contribution in [2.45, 2.75) is 36.7 Å². The predicted octanol–water partition coefficient (Wildman–Crippen LogP) is 4.26. The van der Waals surface area contributed by atoms with E-state index in [0.717, 1.165) is 41.3 Å². The Hall–Kier alpha value is -3.27. The molecule has 0 radical (unpaired) electrons. The SMILES string of the molecule is COc1ccc(-c2noc(CSc3nnc(N4CCCCC4)n3Cc3ccco3)n2)cc1. The summed E-state index contributed by atoms with van der Waals surface area (Å²) in [6, 6.07) is 11.4. The lowest BCUT2D eigenvalue weighted by Crippen LogP contribution is -2.32. The molecule has 0 aliphatic carbocycles. The first kappa shape index (κ1) is 20.6. The van der Waals surface area contributed by atoms with E-state index in [-0.39, 0.29) is 0 Å². The van der Waals surface area contributed by atoms with Gasteiger partial charge in [0.1, 0.15) is 11.5 Å². The first-order valence-corrected chi connectivity index (χ1v) is 11.6. The third kappa shape index (κ3) is 4.50. The second kappa shape index (κ2) is 9.47. The lowest BCUT2D eigenvalue weighted by atomic mass is 10.1. The molecular formula is C22H24N6O3S. The first-order chi connectivity index (χ1) is 15.8. The largest absolute Gasteiger partial charge is 0.497 e. The Morgan fingerprint density at radius 1 is 1.06 bits per heavy atom. The van der Waals surface area contributed by atoms with Crippen molar-refractivity contribution in [3.8, 4) is 17.1 Å². The molecule has 0 unspecified atom stereocenters. The Morgan fingerprint density at radius 2 is 1.91 bits per heavy atom. The van der Waals surface area contributed by atoms with E-state index in [1.165, 1.54) is 31.0 Å². The van der Waals surface area contributed by atoms with Gasteiger partial charge in [0.2, 0.25) is 17.7 Å². The molecule has 0 atom stereocenters. The van der Waals surface area contributed by atoms with Crippen molar-refractivity contribution < 1.29 is 13.7 Å². The highest BCUT2D eigenvalue weighted by molar-refractivity contribution is 7.98. The summed E-state index contributed by atoms with van der Waals surface area (Å²) in [6.07, 6.45) is 5.29. The molecule has 1 saturated heterocycles. The van der Waals surface area contributed by atoms with Gasteiger partial charge in [-0.3, -0.25) is 4.57 Å². The number of anilines is 1. The van der Waals surface area contributed by atoms with Crippen LogP contribution in [0, 0.1) is 0 Å². The van der Waals surface area contributed by atoms with Crippen LogP contribution in [0.25, 0.3) is 11.4 Å². The van der Waals surface area contributed by atoms with Crippen molar-refractivity contribution in [2.24, 2.45) is 0 Å². The molecule has 4 heterocycles. The molecular weight excluding hydrogens is 428 g/mol. The van der Waals surface area contributed by atoms with Crippen LogP contribution in [0.1, 0.15) is 30.9 Å². The number of aromatic nitrogens is 5. The number of thioether (sulfide) groups is 1. The second-order valence-electron chi connectivity index (χ2n) is 7.52. The molecule has 1 fully saturated rings. The minimum absolute atomic E-state index is 0.499. The Labute approximate surface area is 189 Å². The number of hydrogen-bond acceptors (Lipinski definition) is 9. The number of nitrogens with zero attached hydrogens (tertiary/aromatic N) is 6. The zero-order valence-electron chi connectivity index (χ0n) is 17.8. The molecule has 4 aromatic rings. The standard InChI is InChI=1S/C22H24N6O3S/c1-29-17-9-7-16(8-10-17)20-23-19(31-26-20)15-32-22-25-24-21(27-11-3-2-4-12-27)28(22)14-18-6-5-13-30-18/h5-10,13H,2-4,11-12,14-15H2,1H3. The van der Waals surface area contributed by atoms with Gasteiger partial charge >= 0.3 is 0 Å². The van der Waals surface area contributed by atoms with Gasteiger partial charge in [0.15, 0.2) is 5.16 Å². The Morgan fingerprint density at radius 3 is 2.66 bits per heavy atom. The van der Waals surface area contributed by atoms with Crippen LogP contribution in [0.15, 0.2) is 56.8 Å². The number of ether oxygens (including phenoxy) is 1. The van der Waals surface area contributed by atoms with Gasteiger partial charge in [0.05, 0.1) is 25.7 Å². The summed E-state index contributed by atoms with van der Waals surface area (Å²) in [5.74, 6) is 4.12. The summed E-state index contributed by atoms with van der Waals surface area (Å²) in [7, 11) is 1.64. The van der Waals surface area contributed by atoms with Crippen LogP contribution in [-0.4, -0.2) is 45.1 Å². The topological polar surface area (TPSA) is 95.2 Å². The monoisotopic (exact) mass is 452 g/mol. The highest BCUT2D eigenvalue weighted by Crippen LogP contribution is 2.28. The molecule has 0 N–H and O–H groups in total. The zero-order chi connectivity index (χ0) is 21.8. The summed E-state index contributed by atoms with van der Waals surface area (Å²) in [6.45, 7) is 2.57. The number of furan rings is 1. The summed E-state index contributed by atoms with van der Waals surface area (Å²) in [4.78, 5) is 6.83. The minimum Gasteiger partial charge on any atom is -0.497 e. The molecule has 10 heteroatoms. The summed E-state index contributed by atoms with van der Waals surface area (Å²) in [5, 5.41) is 13.9. The maximum absolute atomic E-state index is 5.58. The summed E-state index contributed by atoms with van der Waals surface area (Å²) in [5.41, 5.74) is 0.874. The Bertz CT molecular complexity index is 1130. The number of methoxy groups -OCH3 is 1. The highest BCUT2D eigenvalue weighted by atomic mass is 32.2. The Balaban J connectivity index is 1.32. The lowest BCUT2D eigenvalue weighted by molar-refractivity contribution is 0.391. The minimum atomic E-state index is 0.499. The van der Waals surface area contributed by atoms with Crippen molar-refractivity contribution in [3.05, 3.63) is 54.3 Å².